The Morgan fingerprint density at radius 2 is 1.83 bits per heavy atom. The molecule has 1 atom stereocenters. The predicted molar refractivity (Wildman–Crippen MR) is 110 cm³/mol. The molecule has 2 aromatic carbocycles. The first-order valence-corrected chi connectivity index (χ1v) is 9.96. The maximum Gasteiger partial charge on any atom is 0.254 e. The smallest absolute Gasteiger partial charge is 0.254 e. The van der Waals surface area contributed by atoms with Gasteiger partial charge in [0.25, 0.3) is 11.8 Å². The summed E-state index contributed by atoms with van der Waals surface area (Å²) in [6.45, 7) is 3.06. The summed E-state index contributed by atoms with van der Waals surface area (Å²) in [4.78, 5) is 29.0. The number of aromatic hydroxyl groups is 1. The summed E-state index contributed by atoms with van der Waals surface area (Å²) in [5.41, 5.74) is 1.94. The molecule has 0 aromatic heterocycles. The van der Waals surface area contributed by atoms with E-state index in [1.54, 1.807) is 41.3 Å². The van der Waals surface area contributed by atoms with Crippen molar-refractivity contribution in [2.75, 3.05) is 43.0 Å². The Bertz CT molecular complexity index is 887. The van der Waals surface area contributed by atoms with Crippen molar-refractivity contribution in [3.05, 3.63) is 54.1 Å². The number of carbonyl (C=O) groups excluding carboxylic acids is 2. The number of amides is 2. The molecule has 152 valence electrons. The zero-order chi connectivity index (χ0) is 20.2. The van der Waals surface area contributed by atoms with E-state index in [1.807, 2.05) is 12.1 Å². The van der Waals surface area contributed by atoms with Crippen LogP contribution in [0.4, 0.5) is 11.4 Å². The maximum absolute atomic E-state index is 12.9. The van der Waals surface area contributed by atoms with Crippen LogP contribution in [-0.4, -0.2) is 60.7 Å². The van der Waals surface area contributed by atoms with E-state index < -0.39 is 6.10 Å². The van der Waals surface area contributed by atoms with Gasteiger partial charge in [0.1, 0.15) is 11.9 Å². The fourth-order valence-electron chi connectivity index (χ4n) is 3.80. The summed E-state index contributed by atoms with van der Waals surface area (Å²) in [6, 6.07) is 14.3. The number of nitrogens with one attached hydrogen (secondary N) is 1. The first-order valence-electron chi connectivity index (χ1n) is 9.96. The number of phenolic OH excluding ortho intramolecular Hbond substituents is 1. The van der Waals surface area contributed by atoms with Crippen LogP contribution in [-0.2, 0) is 9.53 Å². The molecule has 0 spiro atoms. The Kier molecular flexibility index (Phi) is 5.67. The SMILES string of the molecule is O=C(Nc1cccc(C(=O)N2CCN(c3ccccc3O)CC2)c1)C1CCCO1. The summed E-state index contributed by atoms with van der Waals surface area (Å²) in [5.74, 6) is 0.0282. The van der Waals surface area contributed by atoms with E-state index in [1.165, 1.54) is 0 Å². The fraction of sp³-hybridized carbons (Fsp3) is 0.364. The van der Waals surface area contributed by atoms with Crippen molar-refractivity contribution in [2.45, 2.75) is 18.9 Å². The standard InChI is InChI=1S/C22H25N3O4/c26-19-8-2-1-7-18(19)24-10-12-25(13-11-24)22(28)16-5-3-6-17(15-16)23-21(27)20-9-4-14-29-20/h1-3,5-8,15,20,26H,4,9-14H2,(H,23,27). The third-order valence-corrected chi connectivity index (χ3v) is 5.39. The first-order chi connectivity index (χ1) is 14.1. The molecule has 7 nitrogen and oxygen atoms in total. The second-order valence-corrected chi connectivity index (χ2v) is 7.34. The fourth-order valence-corrected chi connectivity index (χ4v) is 3.80. The Hall–Kier alpha value is -3.06. The average molecular weight is 395 g/mol. The lowest BCUT2D eigenvalue weighted by Gasteiger charge is -2.36. The number of piperazine rings is 1. The number of nitrogens with zero attached hydrogens (tertiary/aromatic N) is 2. The van der Waals surface area contributed by atoms with Crippen molar-refractivity contribution >= 4 is 23.2 Å². The van der Waals surface area contributed by atoms with Gasteiger partial charge in [-0.2, -0.15) is 0 Å². The Labute approximate surface area is 169 Å². The van der Waals surface area contributed by atoms with Crippen LogP contribution in [0, 0.1) is 0 Å². The van der Waals surface area contributed by atoms with Crippen molar-refractivity contribution in [2.24, 2.45) is 0 Å². The second-order valence-electron chi connectivity index (χ2n) is 7.34. The van der Waals surface area contributed by atoms with E-state index in [9.17, 15) is 14.7 Å². The van der Waals surface area contributed by atoms with Crippen LogP contribution in [0.2, 0.25) is 0 Å². The number of para-hydroxylation sites is 2. The minimum atomic E-state index is -0.406. The van der Waals surface area contributed by atoms with Crippen LogP contribution < -0.4 is 10.2 Å². The van der Waals surface area contributed by atoms with Gasteiger partial charge in [-0.1, -0.05) is 18.2 Å². The van der Waals surface area contributed by atoms with Crippen molar-refractivity contribution in [3.8, 4) is 5.75 Å². The zero-order valence-electron chi connectivity index (χ0n) is 16.2. The lowest BCUT2D eigenvalue weighted by atomic mass is 10.1. The van der Waals surface area contributed by atoms with Crippen molar-refractivity contribution in [3.63, 3.8) is 0 Å². The molecule has 0 saturated carbocycles. The quantitative estimate of drug-likeness (QED) is 0.831. The topological polar surface area (TPSA) is 82.1 Å². The van der Waals surface area contributed by atoms with Gasteiger partial charge < -0.3 is 25.0 Å². The van der Waals surface area contributed by atoms with Gasteiger partial charge in [0.2, 0.25) is 0 Å². The molecule has 0 radical (unpaired) electrons. The summed E-state index contributed by atoms with van der Waals surface area (Å²) in [5, 5.41) is 12.9. The van der Waals surface area contributed by atoms with Gasteiger partial charge in [-0.3, -0.25) is 9.59 Å². The van der Waals surface area contributed by atoms with Gasteiger partial charge in [0.15, 0.2) is 0 Å². The highest BCUT2D eigenvalue weighted by Crippen LogP contribution is 2.27. The van der Waals surface area contributed by atoms with Crippen LogP contribution in [0.5, 0.6) is 5.75 Å². The molecule has 29 heavy (non-hydrogen) atoms. The number of rotatable bonds is 4. The highest BCUT2D eigenvalue weighted by Gasteiger charge is 2.25. The molecule has 2 N–H and O–H groups in total. The minimum absolute atomic E-state index is 0.0600. The Morgan fingerprint density at radius 3 is 2.55 bits per heavy atom. The molecule has 2 fully saturated rings. The number of ether oxygens (including phenoxy) is 1. The van der Waals surface area contributed by atoms with Crippen LogP contribution >= 0.6 is 0 Å². The van der Waals surface area contributed by atoms with Gasteiger partial charge >= 0.3 is 0 Å². The number of carbonyl (C=O) groups is 2. The molecule has 2 heterocycles. The molecular formula is C22H25N3O4. The van der Waals surface area contributed by atoms with Crippen LogP contribution in [0.15, 0.2) is 48.5 Å². The summed E-state index contributed by atoms with van der Waals surface area (Å²) in [6.07, 6.45) is 1.21. The van der Waals surface area contributed by atoms with Gasteiger partial charge in [-0.25, -0.2) is 0 Å². The van der Waals surface area contributed by atoms with E-state index in [0.29, 0.717) is 44.0 Å². The number of anilines is 2. The average Bonchev–Trinajstić information content (AvgIpc) is 3.29. The largest absolute Gasteiger partial charge is 0.506 e. The van der Waals surface area contributed by atoms with E-state index in [0.717, 1.165) is 18.5 Å². The molecule has 0 aliphatic carbocycles. The zero-order valence-corrected chi connectivity index (χ0v) is 16.2. The van der Waals surface area contributed by atoms with E-state index in [-0.39, 0.29) is 17.6 Å². The molecule has 1 unspecified atom stereocenters. The Morgan fingerprint density at radius 1 is 1.03 bits per heavy atom. The van der Waals surface area contributed by atoms with E-state index >= 15 is 0 Å². The van der Waals surface area contributed by atoms with E-state index in [4.69, 9.17) is 4.74 Å². The maximum atomic E-state index is 12.9. The van der Waals surface area contributed by atoms with Crippen molar-refractivity contribution < 1.29 is 19.4 Å². The molecular weight excluding hydrogens is 370 g/mol. The Balaban J connectivity index is 1.37. The highest BCUT2D eigenvalue weighted by atomic mass is 16.5. The summed E-state index contributed by atoms with van der Waals surface area (Å²) < 4.78 is 5.41. The number of hydrogen-bond acceptors (Lipinski definition) is 5. The molecule has 2 amide bonds. The number of benzene rings is 2. The molecule has 2 saturated heterocycles. The number of hydrogen-bond donors (Lipinski definition) is 2. The van der Waals surface area contributed by atoms with Crippen LogP contribution in [0.3, 0.4) is 0 Å². The van der Waals surface area contributed by atoms with Gasteiger partial charge in [-0.15, -0.1) is 0 Å². The molecule has 2 aliphatic rings. The first kappa shape index (κ1) is 19.3. The van der Waals surface area contributed by atoms with E-state index in [2.05, 4.69) is 10.2 Å². The predicted octanol–water partition coefficient (Wildman–Crippen LogP) is 2.47. The lowest BCUT2D eigenvalue weighted by Crippen LogP contribution is -2.48. The summed E-state index contributed by atoms with van der Waals surface area (Å²) >= 11 is 0. The van der Waals surface area contributed by atoms with Gasteiger partial charge in [0.05, 0.1) is 5.69 Å². The molecule has 0 bridgehead atoms. The highest BCUT2D eigenvalue weighted by molar-refractivity contribution is 5.98. The molecule has 2 aliphatic heterocycles. The van der Waals surface area contributed by atoms with Gasteiger partial charge in [-0.05, 0) is 43.2 Å². The second kappa shape index (κ2) is 8.53. The monoisotopic (exact) mass is 395 g/mol. The third-order valence-electron chi connectivity index (χ3n) is 5.39. The molecule has 2 aromatic rings. The molecule has 4 rings (SSSR count). The third kappa shape index (κ3) is 4.35. The van der Waals surface area contributed by atoms with Gasteiger partial charge in [0, 0.05) is 44.0 Å². The van der Waals surface area contributed by atoms with Crippen LogP contribution in [0.1, 0.15) is 23.2 Å². The summed E-state index contributed by atoms with van der Waals surface area (Å²) in [7, 11) is 0. The minimum Gasteiger partial charge on any atom is -0.506 e. The number of phenols is 1. The van der Waals surface area contributed by atoms with Crippen molar-refractivity contribution in [1.29, 1.82) is 0 Å². The normalized spacial score (nSPS) is 19.2. The molecule has 7 heteroatoms. The van der Waals surface area contributed by atoms with Crippen LogP contribution in [0.25, 0.3) is 0 Å². The lowest BCUT2D eigenvalue weighted by molar-refractivity contribution is -0.124. The van der Waals surface area contributed by atoms with Crippen molar-refractivity contribution in [1.82, 2.24) is 4.90 Å².